The van der Waals surface area contributed by atoms with Crippen LogP contribution in [-0.4, -0.2) is 29.1 Å². The fourth-order valence-corrected chi connectivity index (χ4v) is 4.34. The van der Waals surface area contributed by atoms with Gasteiger partial charge in [-0.1, -0.05) is 36.4 Å². The van der Waals surface area contributed by atoms with Gasteiger partial charge in [-0.2, -0.15) is 5.10 Å². The van der Waals surface area contributed by atoms with Gasteiger partial charge in [0.05, 0.1) is 22.0 Å². The van der Waals surface area contributed by atoms with Crippen LogP contribution in [0.2, 0.25) is 0 Å². The molecule has 0 saturated carbocycles. The number of amides is 1. The first-order valence-electron chi connectivity index (χ1n) is 9.13. The van der Waals surface area contributed by atoms with Gasteiger partial charge < -0.3 is 5.73 Å². The van der Waals surface area contributed by atoms with E-state index in [0.717, 1.165) is 5.56 Å². The molecule has 0 atom stereocenters. The van der Waals surface area contributed by atoms with Gasteiger partial charge in [0.2, 0.25) is 9.84 Å². The molecular weight excluding hydrogens is 400 g/mol. The molecule has 0 radical (unpaired) electrons. The summed E-state index contributed by atoms with van der Waals surface area (Å²) in [6.07, 6.45) is 1.64. The van der Waals surface area contributed by atoms with Gasteiger partial charge in [-0.15, -0.1) is 0 Å². The van der Waals surface area contributed by atoms with Crippen LogP contribution in [0.1, 0.15) is 16.1 Å². The Kier molecular flexibility index (Phi) is 5.16. The number of hydrogen-bond donors (Lipinski definition) is 1. The number of sulfone groups is 1. The summed E-state index contributed by atoms with van der Waals surface area (Å²) in [5.41, 5.74) is 7.69. The average Bonchev–Trinajstić information content (AvgIpc) is 3.19. The van der Waals surface area contributed by atoms with E-state index in [2.05, 4.69) is 10.1 Å². The summed E-state index contributed by atoms with van der Waals surface area (Å²) < 4.78 is 26.9. The molecule has 0 aliphatic rings. The lowest BCUT2D eigenvalue weighted by Crippen LogP contribution is -2.18. The van der Waals surface area contributed by atoms with E-state index in [1.807, 2.05) is 6.07 Å². The van der Waals surface area contributed by atoms with E-state index in [9.17, 15) is 13.2 Å². The van der Waals surface area contributed by atoms with Gasteiger partial charge in [0, 0.05) is 6.20 Å². The second kappa shape index (κ2) is 7.92. The fourth-order valence-electron chi connectivity index (χ4n) is 3.06. The highest BCUT2D eigenvalue weighted by molar-refractivity contribution is 7.91. The van der Waals surface area contributed by atoms with E-state index in [-0.39, 0.29) is 22.0 Å². The standard InChI is InChI=1S/C22H18N4O3S/c23-22(27)21-14-20(19-8-4-5-13-24-19)25-26(21)15-16-9-11-18(12-10-16)30(28,29)17-6-2-1-3-7-17/h1-14H,15H2,(H2,23,27). The second-order valence-electron chi connectivity index (χ2n) is 6.61. The highest BCUT2D eigenvalue weighted by Crippen LogP contribution is 2.22. The predicted octanol–water partition coefficient (Wildman–Crippen LogP) is 2.93. The van der Waals surface area contributed by atoms with Gasteiger partial charge in [0.1, 0.15) is 11.4 Å². The van der Waals surface area contributed by atoms with Crippen molar-refractivity contribution in [3.05, 3.63) is 96.3 Å². The van der Waals surface area contributed by atoms with Crippen LogP contribution in [0.3, 0.4) is 0 Å². The van der Waals surface area contributed by atoms with Gasteiger partial charge in [-0.05, 0) is 48.0 Å². The summed E-state index contributed by atoms with van der Waals surface area (Å²) in [6.45, 7) is 0.261. The van der Waals surface area contributed by atoms with Crippen LogP contribution in [0.15, 0.2) is 94.9 Å². The van der Waals surface area contributed by atoms with Crippen molar-refractivity contribution in [1.29, 1.82) is 0 Å². The highest BCUT2D eigenvalue weighted by atomic mass is 32.2. The van der Waals surface area contributed by atoms with Crippen LogP contribution >= 0.6 is 0 Å². The van der Waals surface area contributed by atoms with Crippen LogP contribution in [0.5, 0.6) is 0 Å². The predicted molar refractivity (Wildman–Crippen MR) is 111 cm³/mol. The van der Waals surface area contributed by atoms with E-state index in [1.165, 1.54) is 4.68 Å². The van der Waals surface area contributed by atoms with Crippen molar-refractivity contribution in [1.82, 2.24) is 14.8 Å². The molecule has 2 aromatic carbocycles. The quantitative estimate of drug-likeness (QED) is 0.518. The molecule has 2 N–H and O–H groups in total. The molecule has 0 aliphatic carbocycles. The second-order valence-corrected chi connectivity index (χ2v) is 8.56. The first-order valence-corrected chi connectivity index (χ1v) is 10.6. The Bertz CT molecular complexity index is 1280. The first-order chi connectivity index (χ1) is 14.4. The molecule has 30 heavy (non-hydrogen) atoms. The molecule has 0 bridgehead atoms. The van der Waals surface area contributed by atoms with Crippen LogP contribution in [0.25, 0.3) is 11.4 Å². The van der Waals surface area contributed by atoms with Crippen molar-refractivity contribution in [3.8, 4) is 11.4 Å². The van der Waals surface area contributed by atoms with Gasteiger partial charge in [0.15, 0.2) is 0 Å². The summed E-state index contributed by atoms with van der Waals surface area (Å²) in [6, 6.07) is 21.8. The van der Waals surface area contributed by atoms with E-state index < -0.39 is 15.7 Å². The Morgan fingerprint density at radius 3 is 2.17 bits per heavy atom. The topological polar surface area (TPSA) is 108 Å². The number of nitrogens with two attached hydrogens (primary N) is 1. The number of hydrogen-bond acceptors (Lipinski definition) is 5. The summed E-state index contributed by atoms with van der Waals surface area (Å²) in [5.74, 6) is -0.604. The molecule has 4 rings (SSSR count). The Hall–Kier alpha value is -3.78. The minimum Gasteiger partial charge on any atom is -0.364 e. The van der Waals surface area contributed by atoms with Crippen molar-refractivity contribution < 1.29 is 13.2 Å². The Balaban J connectivity index is 1.62. The van der Waals surface area contributed by atoms with E-state index in [4.69, 9.17) is 5.73 Å². The minimum absolute atomic E-state index is 0.196. The number of pyridine rings is 1. The summed E-state index contributed by atoms with van der Waals surface area (Å²) in [4.78, 5) is 16.5. The van der Waals surface area contributed by atoms with E-state index >= 15 is 0 Å². The number of primary amides is 1. The van der Waals surface area contributed by atoms with Gasteiger partial charge in [-0.3, -0.25) is 14.5 Å². The van der Waals surface area contributed by atoms with Crippen molar-refractivity contribution in [2.24, 2.45) is 5.73 Å². The lowest BCUT2D eigenvalue weighted by atomic mass is 10.2. The van der Waals surface area contributed by atoms with Gasteiger partial charge in [0.25, 0.3) is 5.91 Å². The van der Waals surface area contributed by atoms with E-state index in [1.54, 1.807) is 79.0 Å². The molecule has 0 aliphatic heterocycles. The Labute approximate surface area is 173 Å². The molecule has 0 saturated heterocycles. The number of carbonyl (C=O) groups is 1. The third-order valence-corrected chi connectivity index (χ3v) is 6.36. The van der Waals surface area contributed by atoms with Gasteiger partial charge in [-0.25, -0.2) is 8.42 Å². The molecule has 2 heterocycles. The van der Waals surface area contributed by atoms with Gasteiger partial charge >= 0.3 is 0 Å². The molecule has 7 nitrogen and oxygen atoms in total. The maximum Gasteiger partial charge on any atom is 0.267 e. The lowest BCUT2D eigenvalue weighted by molar-refractivity contribution is 0.0990. The smallest absolute Gasteiger partial charge is 0.267 e. The zero-order valence-electron chi connectivity index (χ0n) is 15.8. The molecule has 150 valence electrons. The Morgan fingerprint density at radius 1 is 0.867 bits per heavy atom. The molecule has 8 heteroatoms. The summed E-state index contributed by atoms with van der Waals surface area (Å²) in [7, 11) is -3.59. The number of nitrogens with zero attached hydrogens (tertiary/aromatic N) is 3. The zero-order chi connectivity index (χ0) is 21.1. The molecule has 0 fully saturated rings. The number of benzene rings is 2. The van der Waals surface area contributed by atoms with Crippen molar-refractivity contribution in [2.45, 2.75) is 16.3 Å². The third kappa shape index (κ3) is 3.85. The molecule has 2 aromatic heterocycles. The third-order valence-electron chi connectivity index (χ3n) is 4.58. The SMILES string of the molecule is NC(=O)c1cc(-c2ccccn2)nn1Cc1ccc(S(=O)(=O)c2ccccc2)cc1. The lowest BCUT2D eigenvalue weighted by Gasteiger charge is -2.08. The van der Waals surface area contributed by atoms with Crippen molar-refractivity contribution in [2.75, 3.05) is 0 Å². The zero-order valence-corrected chi connectivity index (χ0v) is 16.7. The molecule has 0 unspecified atom stereocenters. The maximum atomic E-state index is 12.7. The largest absolute Gasteiger partial charge is 0.364 e. The van der Waals surface area contributed by atoms with E-state index in [0.29, 0.717) is 11.4 Å². The normalized spacial score (nSPS) is 11.3. The Morgan fingerprint density at radius 2 is 1.53 bits per heavy atom. The maximum absolute atomic E-state index is 12.7. The van der Waals surface area contributed by atoms with Crippen LogP contribution in [0.4, 0.5) is 0 Å². The molecular formula is C22H18N4O3S. The van der Waals surface area contributed by atoms with Crippen LogP contribution < -0.4 is 5.73 Å². The van der Waals surface area contributed by atoms with Crippen molar-refractivity contribution in [3.63, 3.8) is 0 Å². The van der Waals surface area contributed by atoms with Crippen molar-refractivity contribution >= 4 is 15.7 Å². The fraction of sp³-hybridized carbons (Fsp3) is 0.0455. The number of aromatic nitrogens is 3. The first kappa shape index (κ1) is 19.5. The monoisotopic (exact) mass is 418 g/mol. The van der Waals surface area contributed by atoms with Crippen LogP contribution in [-0.2, 0) is 16.4 Å². The number of carbonyl (C=O) groups excluding carboxylic acids is 1. The summed E-state index contributed by atoms with van der Waals surface area (Å²) in [5, 5.41) is 4.45. The molecule has 4 aromatic rings. The minimum atomic E-state index is -3.59. The molecule has 1 amide bonds. The highest BCUT2D eigenvalue weighted by Gasteiger charge is 2.18. The average molecular weight is 418 g/mol. The van der Waals surface area contributed by atoms with Crippen LogP contribution in [0, 0.1) is 0 Å². The molecule has 0 spiro atoms. The summed E-state index contributed by atoms with van der Waals surface area (Å²) >= 11 is 0. The number of rotatable bonds is 6.